The third-order valence-electron chi connectivity index (χ3n) is 9.22. The van der Waals surface area contributed by atoms with Gasteiger partial charge in [-0.3, -0.25) is 18.8 Å². The normalized spacial score (nSPS) is 12.5. The highest BCUT2D eigenvalue weighted by Gasteiger charge is 2.33. The van der Waals surface area contributed by atoms with Crippen molar-refractivity contribution in [2.75, 3.05) is 17.6 Å². The van der Waals surface area contributed by atoms with Crippen molar-refractivity contribution in [3.05, 3.63) is 135 Å². The Morgan fingerprint density at radius 2 is 1.68 bits per heavy atom. The van der Waals surface area contributed by atoms with Gasteiger partial charge in [0.1, 0.15) is 23.1 Å². The Labute approximate surface area is 341 Å². The maximum absolute atomic E-state index is 14.7. The van der Waals surface area contributed by atoms with E-state index in [1.165, 1.54) is 49.2 Å². The Bertz CT molecular complexity index is 2960. The van der Waals surface area contributed by atoms with Gasteiger partial charge in [0.2, 0.25) is 10.0 Å². The lowest BCUT2D eigenvalue weighted by molar-refractivity contribution is -0.141. The molecule has 14 nitrogen and oxygen atoms in total. The van der Waals surface area contributed by atoms with Gasteiger partial charge in [0.15, 0.2) is 23.6 Å². The van der Waals surface area contributed by atoms with Crippen LogP contribution in [0.5, 0.6) is 5.75 Å². The van der Waals surface area contributed by atoms with Crippen molar-refractivity contribution in [2.24, 2.45) is 12.8 Å². The van der Waals surface area contributed by atoms with Gasteiger partial charge in [0.25, 0.3) is 5.56 Å². The number of rotatable bonds is 12. The summed E-state index contributed by atoms with van der Waals surface area (Å²) in [6.45, 7) is 0. The monoisotopic (exact) mass is 868 g/mol. The lowest BCUT2D eigenvalue weighted by Gasteiger charge is -2.22. The largest absolute Gasteiger partial charge is 0.497 e. The number of carbonyl (C=O) groups excluding carboxylic acids is 1. The molecule has 7 rings (SSSR count). The molecule has 0 spiro atoms. The van der Waals surface area contributed by atoms with Crippen LogP contribution in [0.25, 0.3) is 38.9 Å². The number of benzene rings is 4. The Hall–Kier alpha value is -6.67. The number of nitrogens with zero attached hydrogens (tertiary/aromatic N) is 6. The van der Waals surface area contributed by atoms with Crippen LogP contribution in [0.15, 0.2) is 89.9 Å². The number of ether oxygens (including phenoxy) is 2. The zero-order valence-corrected chi connectivity index (χ0v) is 32.7. The topological polar surface area (TPSA) is 186 Å². The lowest BCUT2D eigenvalue weighted by Crippen LogP contribution is -2.30. The van der Waals surface area contributed by atoms with Crippen LogP contribution in [-0.2, 0) is 40.8 Å². The second-order valence-electron chi connectivity index (χ2n) is 13.3. The molecule has 0 fully saturated rings. The molecule has 21 heteroatoms. The summed E-state index contributed by atoms with van der Waals surface area (Å²) >= 11 is 6.68. The number of hydrogen-bond donors (Lipinski definition) is 2. The molecule has 3 heterocycles. The van der Waals surface area contributed by atoms with E-state index in [2.05, 4.69) is 24.8 Å². The molecule has 3 aromatic heterocycles. The number of anilines is 1. The molecule has 1 unspecified atom stereocenters. The summed E-state index contributed by atoms with van der Waals surface area (Å²) in [5, 5.41) is 4.35. The van der Waals surface area contributed by atoms with Gasteiger partial charge in [-0.15, -0.1) is 0 Å². The molecule has 7 aromatic rings. The average molecular weight is 869 g/mol. The quantitative estimate of drug-likeness (QED) is 0.121. The maximum atomic E-state index is 14.7. The zero-order valence-electron chi connectivity index (χ0n) is 31.2. The third-order valence-corrected chi connectivity index (χ3v) is 10.8. The molecular weight excluding hydrogens is 839 g/mol. The Kier molecular flexibility index (Phi) is 11.2. The van der Waals surface area contributed by atoms with Crippen molar-refractivity contribution in [2.45, 2.75) is 25.1 Å². The first kappa shape index (κ1) is 41.5. The minimum atomic E-state index is -4.80. The smallest absolute Gasteiger partial charge is 0.433 e. The highest BCUT2D eigenvalue weighted by Crippen LogP contribution is 2.37. The van der Waals surface area contributed by atoms with Gasteiger partial charge in [-0.05, 0) is 72.1 Å². The van der Waals surface area contributed by atoms with E-state index in [1.807, 2.05) is 0 Å². The van der Waals surface area contributed by atoms with Crippen LogP contribution in [0.1, 0.15) is 28.7 Å². The number of alkyl halides is 3. The van der Waals surface area contributed by atoms with E-state index < -0.39 is 57.7 Å². The summed E-state index contributed by atoms with van der Waals surface area (Å²) in [7, 11) is -1.12. The van der Waals surface area contributed by atoms with E-state index in [0.717, 1.165) is 22.9 Å². The molecule has 0 bridgehead atoms. The number of aryl methyl sites for hydroxylation is 2. The van der Waals surface area contributed by atoms with Crippen LogP contribution in [-0.4, -0.2) is 56.7 Å². The number of nitrogens with two attached hydrogens (primary N) is 1. The number of sulfonamides is 1. The van der Waals surface area contributed by atoms with Gasteiger partial charge in [0.05, 0.1) is 45.4 Å². The molecule has 310 valence electrons. The maximum Gasteiger partial charge on any atom is 0.433 e. The zero-order chi connectivity index (χ0) is 43.1. The minimum Gasteiger partial charge on any atom is -0.497 e. The number of hydrogen-bond acceptors (Lipinski definition) is 10. The van der Waals surface area contributed by atoms with Crippen LogP contribution >= 0.6 is 11.6 Å². The van der Waals surface area contributed by atoms with E-state index in [1.54, 1.807) is 24.3 Å². The van der Waals surface area contributed by atoms with Crippen molar-refractivity contribution < 1.29 is 44.6 Å². The summed E-state index contributed by atoms with van der Waals surface area (Å²) < 4.78 is 112. The number of primary amides is 1. The summed E-state index contributed by atoms with van der Waals surface area (Å²) in [5.41, 5.74) is 4.04. The third kappa shape index (κ3) is 8.69. The predicted molar refractivity (Wildman–Crippen MR) is 210 cm³/mol. The van der Waals surface area contributed by atoms with Crippen LogP contribution in [0.3, 0.4) is 0 Å². The molecule has 4 aromatic carbocycles. The van der Waals surface area contributed by atoms with Crippen LogP contribution < -0.4 is 20.8 Å². The summed E-state index contributed by atoms with van der Waals surface area (Å²) in [6, 6.07) is 16.6. The first-order valence-electron chi connectivity index (χ1n) is 17.6. The molecule has 3 N–H and O–H groups in total. The van der Waals surface area contributed by atoms with Gasteiger partial charge in [-0.1, -0.05) is 29.8 Å². The molecule has 0 aliphatic heterocycles. The van der Waals surface area contributed by atoms with Gasteiger partial charge in [-0.25, -0.2) is 36.9 Å². The molecule has 0 aliphatic carbocycles. The second kappa shape index (κ2) is 16.2. The second-order valence-corrected chi connectivity index (χ2v) is 15.5. The molecule has 1 atom stereocenters. The first-order chi connectivity index (χ1) is 28.4. The molecule has 0 aliphatic rings. The van der Waals surface area contributed by atoms with E-state index in [4.69, 9.17) is 26.8 Å². The number of amides is 1. The first-order valence-corrected chi connectivity index (χ1v) is 19.6. The van der Waals surface area contributed by atoms with Gasteiger partial charge < -0.3 is 15.2 Å². The fourth-order valence-electron chi connectivity index (χ4n) is 6.57. The summed E-state index contributed by atoms with van der Waals surface area (Å²) in [6.07, 6.45) is -7.26. The van der Waals surface area contributed by atoms with E-state index in [0.29, 0.717) is 23.4 Å². The number of aromatic nitrogens is 6. The Morgan fingerprint density at radius 1 is 0.967 bits per heavy atom. The summed E-state index contributed by atoms with van der Waals surface area (Å²) in [4.78, 5) is 39.3. The van der Waals surface area contributed by atoms with E-state index in [-0.39, 0.29) is 73.3 Å². The van der Waals surface area contributed by atoms with E-state index >= 15 is 0 Å². The van der Waals surface area contributed by atoms with Crippen LogP contribution in [0, 0.1) is 11.6 Å². The number of carbonyl (C=O) groups is 1. The van der Waals surface area contributed by atoms with Crippen molar-refractivity contribution >= 4 is 55.3 Å². The van der Waals surface area contributed by atoms with Crippen LogP contribution in [0.4, 0.5) is 32.6 Å². The van der Waals surface area contributed by atoms with Crippen molar-refractivity contribution in [3.63, 3.8) is 0 Å². The van der Waals surface area contributed by atoms with Gasteiger partial charge >= 0.3 is 12.3 Å². The molecular formula is C39H30ClF5N8O6S. The Morgan fingerprint density at radius 3 is 2.35 bits per heavy atom. The van der Waals surface area contributed by atoms with Crippen LogP contribution in [0.2, 0.25) is 5.02 Å². The van der Waals surface area contributed by atoms with Crippen molar-refractivity contribution in [3.8, 4) is 22.8 Å². The number of halogens is 6. The molecule has 0 radical (unpaired) electrons. The van der Waals surface area contributed by atoms with E-state index in [9.17, 15) is 40.0 Å². The number of methoxy groups -OCH3 is 1. The lowest BCUT2D eigenvalue weighted by atomic mass is 10.1. The molecule has 0 saturated heterocycles. The van der Waals surface area contributed by atoms with Gasteiger partial charge in [0, 0.05) is 31.3 Å². The number of fused-ring (bicyclic) bond motifs is 2. The van der Waals surface area contributed by atoms with Crippen molar-refractivity contribution in [1.82, 2.24) is 29.3 Å². The van der Waals surface area contributed by atoms with Crippen molar-refractivity contribution in [1.29, 1.82) is 0 Å². The van der Waals surface area contributed by atoms with Gasteiger partial charge in [-0.2, -0.15) is 18.3 Å². The number of nitrogens with one attached hydrogen (secondary N) is 1. The standard InChI is InChI=1S/C39H30ClF5N8O6S/c1-52-33-29(10-9-27(40)32(33)35(50-52)51-60(56,57)14-12-20-3-6-25(58-2)7-4-20)53-36(30(59-38(46)55)17-21-15-23(41)19-24(42)16-21)48-28-18-22(5-8-26(28)37(53)54)34-47-13-11-31(49-34)39(43,44)45/h3-11,13,15-16,18-19,30H,12,14,17H2,1-2H3,(H2,46,55)(H,50,51). The highest BCUT2D eigenvalue weighted by atomic mass is 35.5. The Balaban J connectivity index is 1.40. The molecule has 60 heavy (non-hydrogen) atoms. The SMILES string of the molecule is COc1ccc(CCS(=O)(=O)Nc2nn(C)c3c(-n4c(C(Cc5cc(F)cc(F)c5)OC(N)=O)nc5cc(-c6nccc(C(F)(F)F)n6)ccc5c4=O)ccc(Cl)c23)cc1. The molecule has 1 amide bonds. The fraction of sp³-hybridized carbons (Fsp3) is 0.179. The predicted octanol–water partition coefficient (Wildman–Crippen LogP) is 7.05. The highest BCUT2D eigenvalue weighted by molar-refractivity contribution is 7.92. The average Bonchev–Trinajstić information content (AvgIpc) is 3.51. The minimum absolute atomic E-state index is 0.0173. The fourth-order valence-corrected chi connectivity index (χ4v) is 7.85. The summed E-state index contributed by atoms with van der Waals surface area (Å²) in [5.74, 6) is -2.61. The molecule has 0 saturated carbocycles.